The summed E-state index contributed by atoms with van der Waals surface area (Å²) >= 11 is 0. The van der Waals surface area contributed by atoms with E-state index >= 15 is 0 Å². The van der Waals surface area contributed by atoms with Crippen molar-refractivity contribution >= 4 is 11.7 Å². The van der Waals surface area contributed by atoms with E-state index in [4.69, 9.17) is 0 Å². The number of carbonyl (C=O) groups is 1. The number of nitrogens with one attached hydrogen (secondary N) is 2. The topological polar surface area (TPSA) is 80.0 Å². The van der Waals surface area contributed by atoms with E-state index in [0.717, 1.165) is 24.7 Å². The van der Waals surface area contributed by atoms with E-state index in [9.17, 15) is 13.6 Å². The predicted molar refractivity (Wildman–Crippen MR) is 82.8 cm³/mol. The summed E-state index contributed by atoms with van der Waals surface area (Å²) in [5.41, 5.74) is -0.355. The fourth-order valence-corrected chi connectivity index (χ4v) is 2.16. The highest BCUT2D eigenvalue weighted by Crippen LogP contribution is 2.26. The first-order valence-electron chi connectivity index (χ1n) is 7.65. The number of anilines is 1. The molecule has 0 radical (unpaired) electrons. The minimum absolute atomic E-state index is 0.228. The molecule has 2 N–H and O–H groups in total. The first-order valence-corrected chi connectivity index (χ1v) is 7.65. The van der Waals surface area contributed by atoms with Crippen molar-refractivity contribution in [3.63, 3.8) is 0 Å². The average molecular weight is 336 g/mol. The van der Waals surface area contributed by atoms with Crippen LogP contribution < -0.4 is 10.6 Å². The SMILES string of the molecule is CC(C)(NC(=O)c1ccc(NC2CC2)nc1)c1cc(C(F)F)on1. The normalized spacial score (nSPS) is 14.7. The van der Waals surface area contributed by atoms with Gasteiger partial charge in [-0.25, -0.2) is 13.8 Å². The van der Waals surface area contributed by atoms with Crippen molar-refractivity contribution in [2.24, 2.45) is 0 Å². The van der Waals surface area contributed by atoms with E-state index in [1.165, 1.54) is 6.20 Å². The molecule has 0 aliphatic heterocycles. The highest BCUT2D eigenvalue weighted by molar-refractivity contribution is 5.94. The lowest BCUT2D eigenvalue weighted by Gasteiger charge is -2.23. The molecule has 1 amide bonds. The molecule has 24 heavy (non-hydrogen) atoms. The fourth-order valence-electron chi connectivity index (χ4n) is 2.16. The molecule has 128 valence electrons. The lowest BCUT2D eigenvalue weighted by molar-refractivity contribution is 0.0906. The number of amides is 1. The average Bonchev–Trinajstić information content (AvgIpc) is 3.17. The largest absolute Gasteiger partial charge is 0.367 e. The van der Waals surface area contributed by atoms with Gasteiger partial charge >= 0.3 is 0 Å². The van der Waals surface area contributed by atoms with Gasteiger partial charge in [-0.05, 0) is 38.8 Å². The number of hydrogen-bond acceptors (Lipinski definition) is 5. The van der Waals surface area contributed by atoms with Crippen LogP contribution in [0.3, 0.4) is 0 Å². The Morgan fingerprint density at radius 3 is 2.67 bits per heavy atom. The molecule has 6 nitrogen and oxygen atoms in total. The lowest BCUT2D eigenvalue weighted by atomic mass is 10.00. The Bertz CT molecular complexity index is 724. The minimum Gasteiger partial charge on any atom is -0.367 e. The lowest BCUT2D eigenvalue weighted by Crippen LogP contribution is -2.41. The number of pyridine rings is 1. The third-order valence-electron chi connectivity index (χ3n) is 3.76. The number of aromatic nitrogens is 2. The van der Waals surface area contributed by atoms with Gasteiger partial charge in [-0.3, -0.25) is 4.79 Å². The molecule has 2 aromatic heterocycles. The molecule has 0 unspecified atom stereocenters. The summed E-state index contributed by atoms with van der Waals surface area (Å²) in [6.07, 6.45) is 1.00. The van der Waals surface area contributed by atoms with Crippen LogP contribution in [0.15, 0.2) is 28.9 Å². The summed E-state index contributed by atoms with van der Waals surface area (Å²) in [4.78, 5) is 16.5. The molecule has 8 heteroatoms. The van der Waals surface area contributed by atoms with Crippen LogP contribution in [0.1, 0.15) is 54.9 Å². The second-order valence-electron chi connectivity index (χ2n) is 6.35. The van der Waals surface area contributed by atoms with Gasteiger partial charge in [-0.2, -0.15) is 0 Å². The summed E-state index contributed by atoms with van der Waals surface area (Å²) < 4.78 is 29.8. The first-order chi connectivity index (χ1) is 11.3. The molecule has 2 heterocycles. The Hall–Kier alpha value is -2.51. The van der Waals surface area contributed by atoms with Crippen molar-refractivity contribution in [2.75, 3.05) is 5.32 Å². The van der Waals surface area contributed by atoms with Crippen LogP contribution in [0, 0.1) is 0 Å². The third-order valence-corrected chi connectivity index (χ3v) is 3.76. The summed E-state index contributed by atoms with van der Waals surface area (Å²) in [6.45, 7) is 3.32. The van der Waals surface area contributed by atoms with Crippen molar-refractivity contribution in [1.82, 2.24) is 15.5 Å². The van der Waals surface area contributed by atoms with Crippen molar-refractivity contribution < 1.29 is 18.1 Å². The van der Waals surface area contributed by atoms with Gasteiger partial charge in [0.1, 0.15) is 11.5 Å². The second kappa shape index (κ2) is 6.18. The van der Waals surface area contributed by atoms with E-state index in [1.54, 1.807) is 26.0 Å². The molecule has 0 saturated heterocycles. The number of halogens is 2. The van der Waals surface area contributed by atoms with Gasteiger partial charge in [-0.15, -0.1) is 0 Å². The molecule has 2 aromatic rings. The third kappa shape index (κ3) is 3.69. The zero-order valence-electron chi connectivity index (χ0n) is 13.3. The Kier molecular flexibility index (Phi) is 4.21. The molecule has 1 aliphatic rings. The summed E-state index contributed by atoms with van der Waals surface area (Å²) in [5.74, 6) is -0.164. The predicted octanol–water partition coefficient (Wildman–Crippen LogP) is 3.25. The highest BCUT2D eigenvalue weighted by atomic mass is 19.3. The Morgan fingerprint density at radius 1 is 1.38 bits per heavy atom. The number of hydrogen-bond donors (Lipinski definition) is 2. The number of carbonyl (C=O) groups excluding carboxylic acids is 1. The molecule has 1 fully saturated rings. The summed E-state index contributed by atoms with van der Waals surface area (Å²) in [6, 6.07) is 5.03. The van der Waals surface area contributed by atoms with Crippen LogP contribution in [0.2, 0.25) is 0 Å². The van der Waals surface area contributed by atoms with E-state index in [-0.39, 0.29) is 11.6 Å². The molecule has 1 saturated carbocycles. The number of nitrogens with zero attached hydrogens (tertiary/aromatic N) is 2. The Labute approximate surface area is 137 Å². The standard InChI is InChI=1S/C16H18F2N4O2/c1-16(2,12-7-11(14(17)18)24-22-12)21-15(23)9-3-6-13(19-8-9)20-10-4-5-10/h3,6-8,10,14H,4-5H2,1-2H3,(H,19,20)(H,21,23). The molecule has 0 aromatic carbocycles. The van der Waals surface area contributed by atoms with Gasteiger partial charge in [0, 0.05) is 18.3 Å². The molecule has 0 spiro atoms. The van der Waals surface area contributed by atoms with E-state index in [2.05, 4.69) is 25.3 Å². The van der Waals surface area contributed by atoms with Crippen LogP contribution in [-0.2, 0) is 5.54 Å². The fraction of sp³-hybridized carbons (Fsp3) is 0.438. The molecule has 1 aliphatic carbocycles. The zero-order valence-corrected chi connectivity index (χ0v) is 13.3. The van der Waals surface area contributed by atoms with Gasteiger partial charge in [0.25, 0.3) is 12.3 Å². The second-order valence-corrected chi connectivity index (χ2v) is 6.35. The monoisotopic (exact) mass is 336 g/mol. The van der Waals surface area contributed by atoms with Crippen LogP contribution in [0.25, 0.3) is 0 Å². The van der Waals surface area contributed by atoms with Gasteiger partial charge in [0.15, 0.2) is 0 Å². The highest BCUT2D eigenvalue weighted by Gasteiger charge is 2.29. The molecule has 0 bridgehead atoms. The maximum Gasteiger partial charge on any atom is 0.298 e. The van der Waals surface area contributed by atoms with Crippen molar-refractivity contribution in [2.45, 2.75) is 44.7 Å². The van der Waals surface area contributed by atoms with E-state index in [0.29, 0.717) is 11.6 Å². The Balaban J connectivity index is 1.67. The van der Waals surface area contributed by atoms with Gasteiger partial charge in [-0.1, -0.05) is 5.16 Å². The molecular formula is C16H18F2N4O2. The summed E-state index contributed by atoms with van der Waals surface area (Å²) in [5, 5.41) is 9.59. The number of rotatable bonds is 6. The summed E-state index contributed by atoms with van der Waals surface area (Å²) in [7, 11) is 0. The van der Waals surface area contributed by atoms with Gasteiger partial charge in [0.05, 0.1) is 11.1 Å². The number of alkyl halides is 2. The van der Waals surface area contributed by atoms with Crippen LogP contribution in [-0.4, -0.2) is 22.1 Å². The van der Waals surface area contributed by atoms with Gasteiger partial charge in [0.2, 0.25) is 5.76 Å². The molecule has 3 rings (SSSR count). The Morgan fingerprint density at radius 2 is 2.12 bits per heavy atom. The maximum atomic E-state index is 12.6. The van der Waals surface area contributed by atoms with E-state index < -0.39 is 17.7 Å². The molecular weight excluding hydrogens is 318 g/mol. The van der Waals surface area contributed by atoms with E-state index in [1.807, 2.05) is 0 Å². The van der Waals surface area contributed by atoms with Crippen LogP contribution >= 0.6 is 0 Å². The van der Waals surface area contributed by atoms with Crippen LogP contribution in [0.4, 0.5) is 14.6 Å². The smallest absolute Gasteiger partial charge is 0.298 e. The minimum atomic E-state index is -2.74. The quantitative estimate of drug-likeness (QED) is 0.846. The maximum absolute atomic E-state index is 12.6. The zero-order chi connectivity index (χ0) is 17.3. The molecule has 0 atom stereocenters. The van der Waals surface area contributed by atoms with Crippen molar-refractivity contribution in [3.05, 3.63) is 41.4 Å². The van der Waals surface area contributed by atoms with Crippen molar-refractivity contribution in [3.8, 4) is 0 Å². The van der Waals surface area contributed by atoms with Gasteiger partial charge < -0.3 is 15.2 Å². The van der Waals surface area contributed by atoms with Crippen molar-refractivity contribution in [1.29, 1.82) is 0 Å². The van der Waals surface area contributed by atoms with Crippen LogP contribution in [0.5, 0.6) is 0 Å². The first kappa shape index (κ1) is 16.4.